The molecule has 0 atom stereocenters. The van der Waals surface area contributed by atoms with Crippen LogP contribution in [0, 0.1) is 18.3 Å². The third-order valence-electron chi connectivity index (χ3n) is 3.69. The number of aryl methyl sites for hydroxylation is 1. The Hall–Kier alpha value is -1.31. The number of nitrogens with zero attached hydrogens (tertiary/aromatic N) is 1. The Morgan fingerprint density at radius 3 is 2.41 bits per heavy atom. The SMILES string of the molecule is Cc1ccc(CN(C)C(=N)C2CCCC2)cc1. The zero-order valence-electron chi connectivity index (χ0n) is 10.9. The molecular weight excluding hydrogens is 208 g/mol. The monoisotopic (exact) mass is 230 g/mol. The molecule has 0 amide bonds. The van der Waals surface area contributed by atoms with Crippen molar-refractivity contribution in [2.75, 3.05) is 7.05 Å². The maximum Gasteiger partial charge on any atom is 0.0989 e. The molecule has 17 heavy (non-hydrogen) atoms. The van der Waals surface area contributed by atoms with Crippen molar-refractivity contribution in [1.29, 1.82) is 5.41 Å². The van der Waals surface area contributed by atoms with Crippen LogP contribution in [0.3, 0.4) is 0 Å². The lowest BCUT2D eigenvalue weighted by Gasteiger charge is -2.24. The van der Waals surface area contributed by atoms with Gasteiger partial charge in [-0.3, -0.25) is 5.41 Å². The molecule has 0 heterocycles. The van der Waals surface area contributed by atoms with Gasteiger partial charge < -0.3 is 4.90 Å². The Balaban J connectivity index is 1.93. The molecule has 1 saturated carbocycles. The minimum Gasteiger partial charge on any atom is -0.359 e. The van der Waals surface area contributed by atoms with Gasteiger partial charge in [-0.2, -0.15) is 0 Å². The Labute approximate surface area is 104 Å². The normalized spacial score (nSPS) is 16.1. The van der Waals surface area contributed by atoms with Gasteiger partial charge >= 0.3 is 0 Å². The molecule has 92 valence electrons. The van der Waals surface area contributed by atoms with Gasteiger partial charge in [0.25, 0.3) is 0 Å². The topological polar surface area (TPSA) is 27.1 Å². The van der Waals surface area contributed by atoms with Crippen molar-refractivity contribution >= 4 is 5.84 Å². The molecule has 1 aromatic carbocycles. The first-order chi connectivity index (χ1) is 8.16. The van der Waals surface area contributed by atoms with E-state index < -0.39 is 0 Å². The van der Waals surface area contributed by atoms with E-state index in [1.807, 2.05) is 7.05 Å². The van der Waals surface area contributed by atoms with Crippen LogP contribution in [0.25, 0.3) is 0 Å². The van der Waals surface area contributed by atoms with Crippen LogP contribution in [0.1, 0.15) is 36.8 Å². The van der Waals surface area contributed by atoms with Crippen molar-refractivity contribution in [2.24, 2.45) is 5.92 Å². The maximum atomic E-state index is 8.21. The summed E-state index contributed by atoms with van der Waals surface area (Å²) in [5.41, 5.74) is 2.59. The Bertz CT molecular complexity index is 374. The van der Waals surface area contributed by atoms with Crippen LogP contribution in [0.2, 0.25) is 0 Å². The summed E-state index contributed by atoms with van der Waals surface area (Å²) in [5, 5.41) is 8.21. The van der Waals surface area contributed by atoms with E-state index in [4.69, 9.17) is 5.41 Å². The van der Waals surface area contributed by atoms with E-state index in [1.54, 1.807) is 0 Å². The van der Waals surface area contributed by atoms with Crippen LogP contribution in [0.15, 0.2) is 24.3 Å². The molecule has 0 spiro atoms. The summed E-state index contributed by atoms with van der Waals surface area (Å²) in [4.78, 5) is 2.10. The Morgan fingerprint density at radius 2 is 1.82 bits per heavy atom. The lowest BCUT2D eigenvalue weighted by Crippen LogP contribution is -2.30. The van der Waals surface area contributed by atoms with Gasteiger partial charge in [0, 0.05) is 19.5 Å². The van der Waals surface area contributed by atoms with E-state index in [2.05, 4.69) is 36.1 Å². The van der Waals surface area contributed by atoms with Crippen LogP contribution in [0.5, 0.6) is 0 Å². The van der Waals surface area contributed by atoms with Crippen molar-refractivity contribution in [3.05, 3.63) is 35.4 Å². The van der Waals surface area contributed by atoms with Crippen molar-refractivity contribution in [3.8, 4) is 0 Å². The predicted octanol–water partition coefficient (Wildman–Crippen LogP) is 3.59. The highest BCUT2D eigenvalue weighted by molar-refractivity contribution is 5.81. The molecular formula is C15H22N2. The van der Waals surface area contributed by atoms with Crippen molar-refractivity contribution in [2.45, 2.75) is 39.2 Å². The zero-order chi connectivity index (χ0) is 12.3. The first-order valence-corrected chi connectivity index (χ1v) is 6.52. The molecule has 2 heteroatoms. The van der Waals surface area contributed by atoms with Crippen LogP contribution in [0.4, 0.5) is 0 Å². The van der Waals surface area contributed by atoms with E-state index in [1.165, 1.54) is 36.8 Å². The highest BCUT2D eigenvalue weighted by Gasteiger charge is 2.22. The Kier molecular flexibility index (Phi) is 3.82. The molecule has 1 aliphatic rings. The number of rotatable bonds is 3. The second-order valence-electron chi connectivity index (χ2n) is 5.21. The Morgan fingerprint density at radius 1 is 1.24 bits per heavy atom. The number of hydrogen-bond acceptors (Lipinski definition) is 1. The molecule has 0 bridgehead atoms. The lowest BCUT2D eigenvalue weighted by molar-refractivity contribution is 0.455. The first kappa shape index (κ1) is 12.2. The minimum absolute atomic E-state index is 0.505. The number of benzene rings is 1. The van der Waals surface area contributed by atoms with E-state index in [0.717, 1.165) is 12.4 Å². The van der Waals surface area contributed by atoms with Gasteiger partial charge in [-0.15, -0.1) is 0 Å². The second kappa shape index (κ2) is 5.35. The van der Waals surface area contributed by atoms with Crippen LogP contribution in [-0.2, 0) is 6.54 Å². The molecule has 0 aromatic heterocycles. The lowest BCUT2D eigenvalue weighted by atomic mass is 10.1. The first-order valence-electron chi connectivity index (χ1n) is 6.52. The average molecular weight is 230 g/mol. The fourth-order valence-electron chi connectivity index (χ4n) is 2.56. The average Bonchev–Trinajstić information content (AvgIpc) is 2.84. The summed E-state index contributed by atoms with van der Waals surface area (Å²) >= 11 is 0. The maximum absolute atomic E-state index is 8.21. The van der Waals surface area contributed by atoms with Gasteiger partial charge in [0.1, 0.15) is 0 Å². The molecule has 1 aliphatic carbocycles. The van der Waals surface area contributed by atoms with Crippen LogP contribution in [-0.4, -0.2) is 17.8 Å². The second-order valence-corrected chi connectivity index (χ2v) is 5.21. The molecule has 2 rings (SSSR count). The molecule has 0 unspecified atom stereocenters. The van der Waals surface area contributed by atoms with E-state index in [9.17, 15) is 0 Å². The standard InChI is InChI=1S/C15H22N2/c1-12-7-9-13(10-8-12)11-17(2)15(16)14-5-3-4-6-14/h7-10,14,16H,3-6,11H2,1-2H3. The molecule has 0 saturated heterocycles. The van der Waals surface area contributed by atoms with Gasteiger partial charge in [0.15, 0.2) is 0 Å². The zero-order valence-corrected chi connectivity index (χ0v) is 10.9. The predicted molar refractivity (Wildman–Crippen MR) is 72.3 cm³/mol. The third-order valence-corrected chi connectivity index (χ3v) is 3.69. The summed E-state index contributed by atoms with van der Waals surface area (Å²) in [6.07, 6.45) is 5.00. The highest BCUT2D eigenvalue weighted by atomic mass is 15.1. The largest absolute Gasteiger partial charge is 0.359 e. The quantitative estimate of drug-likeness (QED) is 0.623. The van der Waals surface area contributed by atoms with Crippen LogP contribution >= 0.6 is 0 Å². The van der Waals surface area contributed by atoms with E-state index >= 15 is 0 Å². The summed E-state index contributed by atoms with van der Waals surface area (Å²) in [7, 11) is 2.04. The minimum atomic E-state index is 0.505. The molecule has 2 nitrogen and oxygen atoms in total. The van der Waals surface area contributed by atoms with Gasteiger partial charge in [0.2, 0.25) is 0 Å². The van der Waals surface area contributed by atoms with Crippen molar-refractivity contribution in [3.63, 3.8) is 0 Å². The van der Waals surface area contributed by atoms with Gasteiger partial charge in [-0.1, -0.05) is 42.7 Å². The summed E-state index contributed by atoms with van der Waals surface area (Å²) in [6.45, 7) is 2.96. The fourth-order valence-corrected chi connectivity index (χ4v) is 2.56. The molecule has 1 N–H and O–H groups in total. The summed E-state index contributed by atoms with van der Waals surface area (Å²) < 4.78 is 0. The number of amidine groups is 1. The molecule has 1 aromatic rings. The van der Waals surface area contributed by atoms with Crippen molar-refractivity contribution < 1.29 is 0 Å². The molecule has 0 radical (unpaired) electrons. The van der Waals surface area contributed by atoms with Crippen LogP contribution < -0.4 is 0 Å². The summed E-state index contributed by atoms with van der Waals surface area (Å²) in [5.74, 6) is 1.33. The van der Waals surface area contributed by atoms with Gasteiger partial charge in [-0.25, -0.2) is 0 Å². The third kappa shape index (κ3) is 3.09. The fraction of sp³-hybridized carbons (Fsp3) is 0.533. The van der Waals surface area contributed by atoms with Crippen molar-refractivity contribution in [1.82, 2.24) is 4.90 Å². The van der Waals surface area contributed by atoms with Gasteiger partial charge in [-0.05, 0) is 25.3 Å². The molecule has 1 fully saturated rings. The number of nitrogens with one attached hydrogen (secondary N) is 1. The van der Waals surface area contributed by atoms with E-state index in [-0.39, 0.29) is 0 Å². The van der Waals surface area contributed by atoms with E-state index in [0.29, 0.717) is 5.92 Å². The smallest absolute Gasteiger partial charge is 0.0989 e. The summed E-state index contributed by atoms with van der Waals surface area (Å²) in [6, 6.07) is 8.60. The number of hydrogen-bond donors (Lipinski definition) is 1. The van der Waals surface area contributed by atoms with Gasteiger partial charge in [0.05, 0.1) is 5.84 Å². The molecule has 0 aliphatic heterocycles. The highest BCUT2D eigenvalue weighted by Crippen LogP contribution is 2.26.